The molecule has 0 aromatic rings. The number of rotatable bonds is 12. The van der Waals surface area contributed by atoms with Gasteiger partial charge in [-0.2, -0.15) is 0 Å². The Hall–Kier alpha value is -0.120. The lowest BCUT2D eigenvalue weighted by Gasteiger charge is -2.20. The lowest BCUT2D eigenvalue weighted by atomic mass is 10.2. The first-order chi connectivity index (χ1) is 8.18. The van der Waals surface area contributed by atoms with E-state index in [2.05, 4.69) is 31.1 Å². The third-order valence-electron chi connectivity index (χ3n) is 3.26. The fourth-order valence-electron chi connectivity index (χ4n) is 1.71. The lowest BCUT2D eigenvalue weighted by Crippen LogP contribution is -2.28. The third kappa shape index (κ3) is 12.1. The van der Waals surface area contributed by atoms with Crippen LogP contribution < -0.4 is 5.32 Å². The maximum Gasteiger partial charge on any atom is 0.0431 e. The van der Waals surface area contributed by atoms with Crippen LogP contribution in [-0.4, -0.2) is 49.3 Å². The van der Waals surface area contributed by atoms with Crippen molar-refractivity contribution in [1.29, 1.82) is 0 Å². The van der Waals surface area contributed by atoms with Gasteiger partial charge in [-0.3, -0.25) is 0 Å². The fraction of sp³-hybridized carbons (Fsp3) is 1.00. The van der Waals surface area contributed by atoms with E-state index in [1.165, 1.54) is 32.2 Å². The van der Waals surface area contributed by atoms with Crippen LogP contribution >= 0.6 is 0 Å². The van der Waals surface area contributed by atoms with E-state index in [1.807, 2.05) is 0 Å². The molecule has 2 N–H and O–H groups in total. The van der Waals surface area contributed by atoms with Crippen LogP contribution in [0.4, 0.5) is 0 Å². The van der Waals surface area contributed by atoms with Gasteiger partial charge in [0.05, 0.1) is 0 Å². The Balaban J connectivity index is 3.03. The summed E-state index contributed by atoms with van der Waals surface area (Å²) in [5.74, 6) is 0. The molecule has 0 aromatic heterocycles. The maximum atomic E-state index is 8.63. The van der Waals surface area contributed by atoms with Gasteiger partial charge < -0.3 is 15.3 Å². The number of unbranched alkanes of at least 4 members (excludes halogenated alkanes) is 4. The molecule has 0 rings (SSSR count). The Kier molecular flexibility index (Phi) is 12.3. The van der Waals surface area contributed by atoms with Gasteiger partial charge in [0.15, 0.2) is 0 Å². The van der Waals surface area contributed by atoms with Crippen molar-refractivity contribution in [1.82, 2.24) is 10.2 Å². The van der Waals surface area contributed by atoms with Gasteiger partial charge in [-0.15, -0.1) is 0 Å². The highest BCUT2D eigenvalue weighted by Gasteiger charge is 2.01. The van der Waals surface area contributed by atoms with Crippen LogP contribution in [-0.2, 0) is 0 Å². The second-order valence-corrected chi connectivity index (χ2v) is 5.17. The highest BCUT2D eigenvalue weighted by Crippen LogP contribution is 1.99. The minimum Gasteiger partial charge on any atom is -0.396 e. The molecule has 0 aliphatic rings. The largest absolute Gasteiger partial charge is 0.396 e. The minimum atomic E-state index is 0.344. The van der Waals surface area contributed by atoms with Crippen LogP contribution in [0.15, 0.2) is 0 Å². The van der Waals surface area contributed by atoms with Gasteiger partial charge in [0, 0.05) is 12.6 Å². The molecule has 0 saturated heterocycles. The summed E-state index contributed by atoms with van der Waals surface area (Å²) >= 11 is 0. The van der Waals surface area contributed by atoms with Crippen molar-refractivity contribution in [2.45, 2.75) is 58.4 Å². The topological polar surface area (TPSA) is 35.5 Å². The first-order valence-electron chi connectivity index (χ1n) is 7.20. The highest BCUT2D eigenvalue weighted by atomic mass is 16.2. The molecule has 0 aliphatic heterocycles. The van der Waals surface area contributed by atoms with Gasteiger partial charge in [0.2, 0.25) is 0 Å². The van der Waals surface area contributed by atoms with Crippen molar-refractivity contribution in [3.8, 4) is 0 Å². The number of hydrogen-bond donors (Lipinski definition) is 2. The van der Waals surface area contributed by atoms with Crippen LogP contribution in [0.2, 0.25) is 0 Å². The van der Waals surface area contributed by atoms with Gasteiger partial charge in [-0.25, -0.2) is 0 Å². The average Bonchev–Trinajstić information content (AvgIpc) is 2.31. The highest BCUT2D eigenvalue weighted by molar-refractivity contribution is 4.57. The van der Waals surface area contributed by atoms with Crippen LogP contribution in [0.5, 0.6) is 0 Å². The number of hydrogen-bond acceptors (Lipinski definition) is 3. The van der Waals surface area contributed by atoms with E-state index >= 15 is 0 Å². The van der Waals surface area contributed by atoms with Crippen LogP contribution in [0.25, 0.3) is 0 Å². The zero-order valence-corrected chi connectivity index (χ0v) is 12.0. The quantitative estimate of drug-likeness (QED) is 0.517. The van der Waals surface area contributed by atoms with E-state index in [0.717, 1.165) is 25.9 Å². The van der Waals surface area contributed by atoms with Gasteiger partial charge in [0.25, 0.3) is 0 Å². The number of nitrogens with zero attached hydrogens (tertiary/aromatic N) is 1. The van der Waals surface area contributed by atoms with E-state index in [4.69, 9.17) is 5.11 Å². The van der Waals surface area contributed by atoms with Crippen molar-refractivity contribution < 1.29 is 5.11 Å². The summed E-state index contributed by atoms with van der Waals surface area (Å²) in [7, 11) is 2.19. The van der Waals surface area contributed by atoms with Crippen LogP contribution in [0.1, 0.15) is 52.4 Å². The Morgan fingerprint density at radius 3 is 2.12 bits per heavy atom. The number of aliphatic hydroxyl groups is 1. The van der Waals surface area contributed by atoms with Crippen molar-refractivity contribution in [3.05, 3.63) is 0 Å². The van der Waals surface area contributed by atoms with E-state index in [9.17, 15) is 0 Å². The van der Waals surface area contributed by atoms with Crippen LogP contribution in [0, 0.1) is 0 Å². The lowest BCUT2D eigenvalue weighted by molar-refractivity contribution is 0.268. The van der Waals surface area contributed by atoms with Crippen molar-refractivity contribution in [2.75, 3.05) is 33.3 Å². The van der Waals surface area contributed by atoms with Gasteiger partial charge in [0.1, 0.15) is 0 Å². The molecule has 0 fully saturated rings. The van der Waals surface area contributed by atoms with E-state index < -0.39 is 0 Å². The summed E-state index contributed by atoms with van der Waals surface area (Å²) in [6.07, 6.45) is 7.16. The minimum absolute atomic E-state index is 0.344. The molecule has 0 radical (unpaired) electrons. The Morgan fingerprint density at radius 1 is 0.941 bits per heavy atom. The Bertz CT molecular complexity index is 151. The zero-order chi connectivity index (χ0) is 12.9. The normalized spacial score (nSPS) is 11.6. The molecule has 0 aliphatic carbocycles. The zero-order valence-electron chi connectivity index (χ0n) is 12.0. The smallest absolute Gasteiger partial charge is 0.0431 e. The third-order valence-corrected chi connectivity index (χ3v) is 3.26. The number of aliphatic hydroxyl groups excluding tert-OH is 1. The van der Waals surface area contributed by atoms with Crippen LogP contribution in [0.3, 0.4) is 0 Å². The molecular formula is C14H32N2O. The van der Waals surface area contributed by atoms with E-state index in [1.54, 1.807) is 0 Å². The predicted molar refractivity (Wildman–Crippen MR) is 75.4 cm³/mol. The van der Waals surface area contributed by atoms with E-state index in [-0.39, 0.29) is 0 Å². The summed E-state index contributed by atoms with van der Waals surface area (Å²) in [6.45, 7) is 8.30. The molecule has 0 saturated carbocycles. The van der Waals surface area contributed by atoms with Crippen molar-refractivity contribution in [2.24, 2.45) is 0 Å². The SMILES string of the molecule is CC(C)N(C)CCCCNCCCCCCO. The van der Waals surface area contributed by atoms with Gasteiger partial charge >= 0.3 is 0 Å². The summed E-state index contributed by atoms with van der Waals surface area (Å²) in [6, 6.07) is 0.662. The first kappa shape index (κ1) is 16.9. The second kappa shape index (κ2) is 12.3. The summed E-state index contributed by atoms with van der Waals surface area (Å²) in [4.78, 5) is 2.40. The molecule has 0 atom stereocenters. The second-order valence-electron chi connectivity index (χ2n) is 5.17. The van der Waals surface area contributed by atoms with Gasteiger partial charge in [-0.05, 0) is 66.2 Å². The molecule has 104 valence electrons. The molecule has 0 aromatic carbocycles. The molecule has 0 amide bonds. The molecule has 3 heteroatoms. The fourth-order valence-corrected chi connectivity index (χ4v) is 1.71. The Morgan fingerprint density at radius 2 is 1.53 bits per heavy atom. The van der Waals surface area contributed by atoms with Crippen molar-refractivity contribution in [3.63, 3.8) is 0 Å². The van der Waals surface area contributed by atoms with E-state index in [0.29, 0.717) is 12.6 Å². The molecule has 0 heterocycles. The average molecular weight is 244 g/mol. The molecule has 0 spiro atoms. The maximum absolute atomic E-state index is 8.63. The summed E-state index contributed by atoms with van der Waals surface area (Å²) in [5, 5.41) is 12.1. The molecular weight excluding hydrogens is 212 g/mol. The molecule has 17 heavy (non-hydrogen) atoms. The Labute approximate surface area is 108 Å². The number of nitrogens with one attached hydrogen (secondary N) is 1. The van der Waals surface area contributed by atoms with Gasteiger partial charge in [-0.1, -0.05) is 12.8 Å². The predicted octanol–water partition coefficient (Wildman–Crippen LogP) is 2.25. The molecule has 3 nitrogen and oxygen atoms in total. The van der Waals surface area contributed by atoms with Crippen molar-refractivity contribution >= 4 is 0 Å². The first-order valence-corrected chi connectivity index (χ1v) is 7.20. The summed E-state index contributed by atoms with van der Waals surface area (Å²) in [5.41, 5.74) is 0. The summed E-state index contributed by atoms with van der Waals surface area (Å²) < 4.78 is 0. The molecule has 0 unspecified atom stereocenters. The molecule has 0 bridgehead atoms. The monoisotopic (exact) mass is 244 g/mol. The standard InChI is InChI=1S/C14H32N2O/c1-14(2)16(3)12-8-7-11-15-10-6-4-5-9-13-17/h14-15,17H,4-13H2,1-3H3.